The van der Waals surface area contributed by atoms with Crippen molar-refractivity contribution >= 4 is 0 Å². The first-order chi connectivity index (χ1) is 8.39. The van der Waals surface area contributed by atoms with Gasteiger partial charge in [0.15, 0.2) is 0 Å². The van der Waals surface area contributed by atoms with E-state index in [9.17, 15) is 0 Å². The third-order valence-electron chi connectivity index (χ3n) is 4.42. The average molecular weight is 254 g/mol. The quantitative estimate of drug-likeness (QED) is 0.841. The summed E-state index contributed by atoms with van der Waals surface area (Å²) in [6.07, 6.45) is 7.94. The summed E-state index contributed by atoms with van der Waals surface area (Å²) < 4.78 is 5.95. The Bertz CT molecular complexity index is 272. The molecule has 1 saturated heterocycles. The third kappa shape index (κ3) is 3.94. The predicted octanol–water partition coefficient (Wildman–Crippen LogP) is 2.54. The van der Waals surface area contributed by atoms with E-state index in [4.69, 9.17) is 10.5 Å². The maximum absolute atomic E-state index is 6.52. The number of morpholine rings is 1. The summed E-state index contributed by atoms with van der Waals surface area (Å²) in [5.74, 6) is 0. The minimum absolute atomic E-state index is 0.00794. The van der Waals surface area contributed by atoms with Gasteiger partial charge in [-0.3, -0.25) is 4.90 Å². The van der Waals surface area contributed by atoms with Crippen LogP contribution in [-0.2, 0) is 4.74 Å². The summed E-state index contributed by atoms with van der Waals surface area (Å²) in [6, 6.07) is 0. The molecule has 0 amide bonds. The summed E-state index contributed by atoms with van der Waals surface area (Å²) in [4.78, 5) is 2.54. The van der Waals surface area contributed by atoms with E-state index < -0.39 is 0 Å². The molecule has 0 radical (unpaired) electrons. The van der Waals surface area contributed by atoms with Crippen LogP contribution in [0.2, 0.25) is 0 Å². The zero-order valence-electron chi connectivity index (χ0n) is 12.4. The normalized spacial score (nSPS) is 32.3. The Morgan fingerprint density at radius 2 is 1.89 bits per heavy atom. The monoisotopic (exact) mass is 254 g/mol. The fourth-order valence-corrected chi connectivity index (χ4v) is 3.64. The molecule has 1 saturated carbocycles. The summed E-state index contributed by atoms with van der Waals surface area (Å²) in [7, 11) is 0. The van der Waals surface area contributed by atoms with Gasteiger partial charge in [-0.15, -0.1) is 0 Å². The van der Waals surface area contributed by atoms with Crippen LogP contribution in [0.1, 0.15) is 59.3 Å². The molecule has 2 N–H and O–H groups in total. The summed E-state index contributed by atoms with van der Waals surface area (Å²) >= 11 is 0. The molecule has 106 valence electrons. The number of ether oxygens (including phenoxy) is 1. The summed E-state index contributed by atoms with van der Waals surface area (Å²) in [5, 5.41) is 0. The Kier molecular flexibility index (Phi) is 4.35. The second kappa shape index (κ2) is 5.48. The van der Waals surface area contributed by atoms with Gasteiger partial charge in [-0.25, -0.2) is 0 Å². The molecule has 0 aromatic carbocycles. The Morgan fingerprint density at radius 1 is 1.22 bits per heavy atom. The van der Waals surface area contributed by atoms with Crippen LogP contribution >= 0.6 is 0 Å². The van der Waals surface area contributed by atoms with E-state index in [0.717, 1.165) is 26.1 Å². The number of nitrogens with zero attached hydrogens (tertiary/aromatic N) is 1. The molecular formula is C15H30N2O. The molecule has 18 heavy (non-hydrogen) atoms. The van der Waals surface area contributed by atoms with Crippen molar-refractivity contribution in [3.63, 3.8) is 0 Å². The van der Waals surface area contributed by atoms with Gasteiger partial charge >= 0.3 is 0 Å². The van der Waals surface area contributed by atoms with E-state index in [1.54, 1.807) is 0 Å². The Hall–Kier alpha value is -0.120. The molecule has 2 aliphatic rings. The lowest BCUT2D eigenvalue weighted by Gasteiger charge is -2.43. The van der Waals surface area contributed by atoms with Crippen LogP contribution in [0.3, 0.4) is 0 Å². The smallest absolute Gasteiger partial charge is 0.0757 e. The topological polar surface area (TPSA) is 38.5 Å². The SMILES string of the molecule is CC1CN(CCC2(N)CCCCC2)CC(C)(C)O1. The van der Waals surface area contributed by atoms with Crippen molar-refractivity contribution < 1.29 is 4.74 Å². The fourth-order valence-electron chi connectivity index (χ4n) is 3.64. The highest BCUT2D eigenvalue weighted by molar-refractivity contribution is 4.90. The van der Waals surface area contributed by atoms with E-state index >= 15 is 0 Å². The maximum Gasteiger partial charge on any atom is 0.0757 e. The number of rotatable bonds is 3. The Morgan fingerprint density at radius 3 is 2.50 bits per heavy atom. The predicted molar refractivity (Wildman–Crippen MR) is 75.7 cm³/mol. The lowest BCUT2D eigenvalue weighted by Crippen LogP contribution is -2.53. The van der Waals surface area contributed by atoms with Gasteiger partial charge in [-0.2, -0.15) is 0 Å². The van der Waals surface area contributed by atoms with Crippen molar-refractivity contribution in [3.8, 4) is 0 Å². The van der Waals surface area contributed by atoms with Crippen LogP contribution in [0, 0.1) is 0 Å². The van der Waals surface area contributed by atoms with Gasteiger partial charge in [0.05, 0.1) is 11.7 Å². The number of nitrogens with two attached hydrogens (primary N) is 1. The van der Waals surface area contributed by atoms with Crippen LogP contribution in [0.4, 0.5) is 0 Å². The van der Waals surface area contributed by atoms with Crippen molar-refractivity contribution in [2.45, 2.75) is 76.5 Å². The van der Waals surface area contributed by atoms with Crippen molar-refractivity contribution in [3.05, 3.63) is 0 Å². The molecule has 0 aromatic heterocycles. The molecule has 1 aliphatic heterocycles. The highest BCUT2D eigenvalue weighted by atomic mass is 16.5. The lowest BCUT2D eigenvalue weighted by molar-refractivity contribution is -0.129. The van der Waals surface area contributed by atoms with Crippen molar-refractivity contribution in [1.29, 1.82) is 0 Å². The van der Waals surface area contributed by atoms with E-state index in [2.05, 4.69) is 25.7 Å². The molecule has 2 fully saturated rings. The molecule has 1 heterocycles. The van der Waals surface area contributed by atoms with Crippen molar-refractivity contribution in [1.82, 2.24) is 4.90 Å². The fraction of sp³-hybridized carbons (Fsp3) is 1.00. The average Bonchev–Trinajstić information content (AvgIpc) is 2.25. The molecule has 3 heteroatoms. The molecule has 0 bridgehead atoms. The van der Waals surface area contributed by atoms with Crippen molar-refractivity contribution in [2.24, 2.45) is 5.73 Å². The highest BCUT2D eigenvalue weighted by Gasteiger charge is 2.33. The molecule has 1 unspecified atom stereocenters. The van der Waals surface area contributed by atoms with Crippen LogP contribution < -0.4 is 5.73 Å². The van der Waals surface area contributed by atoms with Gasteiger partial charge in [0.1, 0.15) is 0 Å². The van der Waals surface area contributed by atoms with Crippen molar-refractivity contribution in [2.75, 3.05) is 19.6 Å². The minimum Gasteiger partial charge on any atom is -0.370 e. The second-order valence-corrected chi connectivity index (χ2v) is 7.10. The Labute approximate surface area is 112 Å². The van der Waals surface area contributed by atoms with Gasteiger partial charge in [-0.1, -0.05) is 19.3 Å². The zero-order valence-corrected chi connectivity index (χ0v) is 12.4. The van der Waals surface area contributed by atoms with Gasteiger partial charge in [0.25, 0.3) is 0 Å². The van der Waals surface area contributed by atoms with Gasteiger partial charge in [0, 0.05) is 25.2 Å². The first-order valence-corrected chi connectivity index (χ1v) is 7.58. The molecule has 3 nitrogen and oxygen atoms in total. The number of hydrogen-bond acceptors (Lipinski definition) is 3. The van der Waals surface area contributed by atoms with Crippen LogP contribution in [0.5, 0.6) is 0 Å². The second-order valence-electron chi connectivity index (χ2n) is 7.10. The molecule has 0 spiro atoms. The minimum atomic E-state index is -0.00794. The van der Waals surface area contributed by atoms with Gasteiger partial charge in [-0.05, 0) is 40.0 Å². The van der Waals surface area contributed by atoms with E-state index in [-0.39, 0.29) is 11.1 Å². The summed E-state index contributed by atoms with van der Waals surface area (Å²) in [6.45, 7) is 9.77. The largest absolute Gasteiger partial charge is 0.370 e. The molecule has 1 atom stereocenters. The Balaban J connectivity index is 1.82. The maximum atomic E-state index is 6.52. The zero-order chi connectivity index (χ0) is 13.2. The van der Waals surface area contributed by atoms with Crippen LogP contribution in [0.15, 0.2) is 0 Å². The number of hydrogen-bond donors (Lipinski definition) is 1. The molecular weight excluding hydrogens is 224 g/mol. The van der Waals surface area contributed by atoms with Crippen LogP contribution in [0.25, 0.3) is 0 Å². The third-order valence-corrected chi connectivity index (χ3v) is 4.42. The summed E-state index contributed by atoms with van der Waals surface area (Å²) in [5.41, 5.74) is 6.63. The standard InChI is InChI=1S/C15H30N2O/c1-13-11-17(12-14(2,3)18-13)10-9-15(16)7-5-4-6-8-15/h13H,4-12,16H2,1-3H3. The molecule has 0 aromatic rings. The van der Waals surface area contributed by atoms with E-state index in [1.165, 1.54) is 32.1 Å². The van der Waals surface area contributed by atoms with Crippen LogP contribution in [-0.4, -0.2) is 41.8 Å². The first-order valence-electron chi connectivity index (χ1n) is 7.58. The highest BCUT2D eigenvalue weighted by Crippen LogP contribution is 2.29. The molecule has 1 aliphatic carbocycles. The van der Waals surface area contributed by atoms with Gasteiger partial charge in [0.2, 0.25) is 0 Å². The van der Waals surface area contributed by atoms with E-state index in [0.29, 0.717) is 6.10 Å². The lowest BCUT2D eigenvalue weighted by atomic mass is 9.80. The van der Waals surface area contributed by atoms with E-state index in [1.807, 2.05) is 0 Å². The first kappa shape index (κ1) is 14.3. The molecule has 2 rings (SSSR count). The van der Waals surface area contributed by atoms with Gasteiger partial charge < -0.3 is 10.5 Å².